The quantitative estimate of drug-likeness (QED) is 0.922. The van der Waals surface area contributed by atoms with Crippen LogP contribution in [0.2, 0.25) is 0 Å². The fourth-order valence-electron chi connectivity index (χ4n) is 2.55. The lowest BCUT2D eigenvalue weighted by atomic mass is 10.2. The molecule has 0 spiro atoms. The number of carbonyl (C=O) groups is 2. The van der Waals surface area contributed by atoms with Crippen molar-refractivity contribution < 1.29 is 14.0 Å². The molecule has 0 atom stereocenters. The van der Waals surface area contributed by atoms with Crippen LogP contribution in [0.3, 0.4) is 0 Å². The first-order valence-electron chi connectivity index (χ1n) is 7.77. The number of benzene rings is 1. The molecular formula is C17H20N2O3. The summed E-state index contributed by atoms with van der Waals surface area (Å²) < 4.78 is 5.74. The fourth-order valence-corrected chi connectivity index (χ4v) is 2.55. The summed E-state index contributed by atoms with van der Waals surface area (Å²) in [5, 5.41) is 3.67. The summed E-state index contributed by atoms with van der Waals surface area (Å²) in [5.41, 5.74) is 1.12. The zero-order valence-corrected chi connectivity index (χ0v) is 12.9. The number of rotatable bonds is 5. The molecule has 0 unspecified atom stereocenters. The molecule has 0 bridgehead atoms. The molecule has 1 aliphatic rings. The van der Waals surface area contributed by atoms with Gasteiger partial charge in [-0.25, -0.2) is 0 Å². The van der Waals surface area contributed by atoms with E-state index in [0.717, 1.165) is 18.2 Å². The maximum absolute atomic E-state index is 12.6. The van der Waals surface area contributed by atoms with Gasteiger partial charge in [-0.3, -0.25) is 9.59 Å². The highest BCUT2D eigenvalue weighted by Crippen LogP contribution is 2.35. The lowest BCUT2D eigenvalue weighted by Crippen LogP contribution is -2.31. The molecular weight excluding hydrogens is 280 g/mol. The first kappa shape index (κ1) is 14.6. The van der Waals surface area contributed by atoms with E-state index < -0.39 is 0 Å². The Hall–Kier alpha value is -2.30. The highest BCUT2D eigenvalue weighted by Gasteiger charge is 2.32. The van der Waals surface area contributed by atoms with Gasteiger partial charge in [-0.05, 0) is 38.8 Å². The summed E-state index contributed by atoms with van der Waals surface area (Å²) in [7, 11) is 0. The van der Waals surface area contributed by atoms with Crippen LogP contribution in [0.5, 0.6) is 0 Å². The number of furan rings is 1. The Labute approximate surface area is 129 Å². The second kappa shape index (κ2) is 5.83. The summed E-state index contributed by atoms with van der Waals surface area (Å²) in [6.45, 7) is 5.05. The Morgan fingerprint density at radius 1 is 1.23 bits per heavy atom. The average molecular weight is 300 g/mol. The van der Waals surface area contributed by atoms with Crippen LogP contribution in [0, 0.1) is 5.92 Å². The van der Waals surface area contributed by atoms with E-state index in [-0.39, 0.29) is 23.5 Å². The van der Waals surface area contributed by atoms with E-state index in [1.165, 1.54) is 0 Å². The monoisotopic (exact) mass is 300 g/mol. The van der Waals surface area contributed by atoms with E-state index in [4.69, 9.17) is 4.42 Å². The van der Waals surface area contributed by atoms with Crippen molar-refractivity contribution in [3.05, 3.63) is 30.0 Å². The van der Waals surface area contributed by atoms with Crippen LogP contribution < -0.4 is 5.32 Å². The number of nitrogens with zero attached hydrogens (tertiary/aromatic N) is 1. The van der Waals surface area contributed by atoms with E-state index >= 15 is 0 Å². The second-order valence-corrected chi connectivity index (χ2v) is 5.54. The van der Waals surface area contributed by atoms with Gasteiger partial charge in [0.1, 0.15) is 11.3 Å². The highest BCUT2D eigenvalue weighted by molar-refractivity contribution is 6.11. The van der Waals surface area contributed by atoms with E-state index in [1.807, 2.05) is 32.0 Å². The molecule has 3 rings (SSSR count). The van der Waals surface area contributed by atoms with E-state index in [9.17, 15) is 9.59 Å². The Kier molecular flexibility index (Phi) is 3.88. The zero-order valence-electron chi connectivity index (χ0n) is 12.9. The predicted molar refractivity (Wildman–Crippen MR) is 84.8 cm³/mol. The molecule has 0 radical (unpaired) electrons. The molecule has 5 heteroatoms. The van der Waals surface area contributed by atoms with Crippen molar-refractivity contribution in [2.75, 3.05) is 18.4 Å². The molecule has 116 valence electrons. The van der Waals surface area contributed by atoms with Crippen LogP contribution in [0.1, 0.15) is 37.2 Å². The fraction of sp³-hybridized carbons (Fsp3) is 0.412. The van der Waals surface area contributed by atoms with Crippen molar-refractivity contribution in [2.45, 2.75) is 26.7 Å². The first-order valence-corrected chi connectivity index (χ1v) is 7.77. The second-order valence-electron chi connectivity index (χ2n) is 5.54. The Balaban J connectivity index is 2.03. The van der Waals surface area contributed by atoms with Crippen LogP contribution >= 0.6 is 0 Å². The van der Waals surface area contributed by atoms with Crippen LogP contribution in [0.15, 0.2) is 28.7 Å². The van der Waals surface area contributed by atoms with Crippen LogP contribution in [0.25, 0.3) is 11.0 Å². The van der Waals surface area contributed by atoms with Crippen molar-refractivity contribution in [1.82, 2.24) is 4.90 Å². The molecule has 1 saturated carbocycles. The Morgan fingerprint density at radius 3 is 2.55 bits per heavy atom. The predicted octanol–water partition coefficient (Wildman–Crippen LogP) is 3.26. The summed E-state index contributed by atoms with van der Waals surface area (Å²) in [6, 6.07) is 7.39. The first-order chi connectivity index (χ1) is 10.7. The van der Waals surface area contributed by atoms with Gasteiger partial charge in [0.15, 0.2) is 0 Å². The number of hydrogen-bond acceptors (Lipinski definition) is 3. The Morgan fingerprint density at radius 2 is 1.91 bits per heavy atom. The van der Waals surface area contributed by atoms with Crippen molar-refractivity contribution in [1.29, 1.82) is 0 Å². The number of amides is 2. The van der Waals surface area contributed by atoms with Gasteiger partial charge in [0, 0.05) is 24.4 Å². The summed E-state index contributed by atoms with van der Waals surface area (Å²) in [6.07, 6.45) is 1.84. The van der Waals surface area contributed by atoms with Crippen LogP contribution in [-0.2, 0) is 4.79 Å². The normalized spacial score (nSPS) is 14.1. The van der Waals surface area contributed by atoms with Crippen molar-refractivity contribution in [2.24, 2.45) is 5.92 Å². The van der Waals surface area contributed by atoms with Gasteiger partial charge in [0.25, 0.3) is 5.91 Å². The molecule has 1 aliphatic carbocycles. The molecule has 1 aromatic carbocycles. The zero-order chi connectivity index (χ0) is 15.7. The summed E-state index contributed by atoms with van der Waals surface area (Å²) in [5.74, 6) is 0.0800. The number of anilines is 1. The van der Waals surface area contributed by atoms with Crippen molar-refractivity contribution in [3.63, 3.8) is 0 Å². The molecule has 0 saturated heterocycles. The largest absolute Gasteiger partial charge is 0.449 e. The molecule has 1 heterocycles. The van der Waals surface area contributed by atoms with Gasteiger partial charge in [-0.2, -0.15) is 0 Å². The number of nitrogens with one attached hydrogen (secondary N) is 1. The molecule has 22 heavy (non-hydrogen) atoms. The van der Waals surface area contributed by atoms with Gasteiger partial charge in [-0.1, -0.05) is 12.1 Å². The number of fused-ring (bicyclic) bond motifs is 1. The van der Waals surface area contributed by atoms with Gasteiger partial charge in [0.2, 0.25) is 11.7 Å². The lowest BCUT2D eigenvalue weighted by molar-refractivity contribution is -0.117. The standard InChI is InChI=1S/C17H20N2O3/c1-3-19(4-2)17(21)15-14(18-16(20)11-9-10-11)12-7-5-6-8-13(12)22-15/h5-8,11H,3-4,9-10H2,1-2H3,(H,18,20). The third-order valence-corrected chi connectivity index (χ3v) is 4.04. The molecule has 1 N–H and O–H groups in total. The summed E-state index contributed by atoms with van der Waals surface area (Å²) in [4.78, 5) is 26.5. The SMILES string of the molecule is CCN(CC)C(=O)c1oc2ccccc2c1NC(=O)C1CC1. The maximum Gasteiger partial charge on any atom is 0.291 e. The maximum atomic E-state index is 12.6. The molecule has 0 aliphatic heterocycles. The molecule has 1 aromatic heterocycles. The molecule has 1 fully saturated rings. The molecule has 2 amide bonds. The highest BCUT2D eigenvalue weighted by atomic mass is 16.3. The topological polar surface area (TPSA) is 62.6 Å². The van der Waals surface area contributed by atoms with E-state index in [1.54, 1.807) is 11.0 Å². The van der Waals surface area contributed by atoms with Crippen molar-refractivity contribution in [3.8, 4) is 0 Å². The molecule has 2 aromatic rings. The summed E-state index contributed by atoms with van der Waals surface area (Å²) >= 11 is 0. The Bertz CT molecular complexity index is 712. The van der Waals surface area contributed by atoms with Gasteiger partial charge < -0.3 is 14.6 Å². The minimum absolute atomic E-state index is 0.0276. The smallest absolute Gasteiger partial charge is 0.291 e. The number of carbonyl (C=O) groups excluding carboxylic acids is 2. The van der Waals surface area contributed by atoms with Gasteiger partial charge >= 0.3 is 0 Å². The van der Waals surface area contributed by atoms with Gasteiger partial charge in [-0.15, -0.1) is 0 Å². The molecule has 5 nitrogen and oxygen atoms in total. The van der Waals surface area contributed by atoms with Crippen LogP contribution in [0.4, 0.5) is 5.69 Å². The number of hydrogen-bond donors (Lipinski definition) is 1. The number of para-hydroxylation sites is 1. The van der Waals surface area contributed by atoms with Crippen molar-refractivity contribution >= 4 is 28.5 Å². The third kappa shape index (κ3) is 2.58. The third-order valence-electron chi connectivity index (χ3n) is 4.04. The minimum atomic E-state index is -0.188. The van der Waals surface area contributed by atoms with E-state index in [0.29, 0.717) is 24.4 Å². The minimum Gasteiger partial charge on any atom is -0.449 e. The van der Waals surface area contributed by atoms with Crippen LogP contribution in [-0.4, -0.2) is 29.8 Å². The van der Waals surface area contributed by atoms with E-state index in [2.05, 4.69) is 5.32 Å². The average Bonchev–Trinajstić information content (AvgIpc) is 3.32. The lowest BCUT2D eigenvalue weighted by Gasteiger charge is -2.17. The van der Waals surface area contributed by atoms with Gasteiger partial charge in [0.05, 0.1) is 0 Å².